The average Bonchev–Trinajstić information content (AvgIpc) is 2.80. The van der Waals surface area contributed by atoms with E-state index in [0.717, 1.165) is 9.80 Å². The van der Waals surface area contributed by atoms with E-state index in [9.17, 15) is 29.4 Å². The van der Waals surface area contributed by atoms with Gasteiger partial charge in [0.05, 0.1) is 11.1 Å². The fourth-order valence-electron chi connectivity index (χ4n) is 3.63. The van der Waals surface area contributed by atoms with Crippen LogP contribution in [0.15, 0.2) is 24.3 Å². The molecule has 3 heterocycles. The van der Waals surface area contributed by atoms with Crippen molar-refractivity contribution in [3.05, 3.63) is 35.4 Å². The van der Waals surface area contributed by atoms with Gasteiger partial charge in [0.25, 0.3) is 17.7 Å². The predicted octanol–water partition coefficient (Wildman–Crippen LogP) is -0.229. The largest absolute Gasteiger partial charge is 0.480 e. The van der Waals surface area contributed by atoms with Crippen LogP contribution in [0.1, 0.15) is 27.6 Å². The summed E-state index contributed by atoms with van der Waals surface area (Å²) in [5.41, 5.74) is -1.11. The molecule has 2 saturated heterocycles. The molecule has 3 aliphatic heterocycles. The molecule has 25 heavy (non-hydrogen) atoms. The van der Waals surface area contributed by atoms with E-state index in [2.05, 4.69) is 0 Å². The maximum atomic E-state index is 12.6. The molecule has 0 bridgehead atoms. The number of carbonyl (C=O) groups is 4. The number of aliphatic hydroxyl groups is 1. The number of carboxylic acid groups (broad SMARTS) is 1. The number of thioether (sulfide) groups is 1. The lowest BCUT2D eigenvalue weighted by Gasteiger charge is -2.57. The maximum Gasteiger partial charge on any atom is 0.329 e. The van der Waals surface area contributed by atoms with Gasteiger partial charge < -0.3 is 15.1 Å². The number of hydrogen-bond donors (Lipinski definition) is 2. The van der Waals surface area contributed by atoms with Crippen molar-refractivity contribution in [1.29, 1.82) is 0 Å². The second-order valence-corrected chi connectivity index (χ2v) is 7.62. The molecule has 8 nitrogen and oxygen atoms in total. The highest BCUT2D eigenvalue weighted by Crippen LogP contribution is 2.45. The maximum absolute atomic E-state index is 12.6. The van der Waals surface area contributed by atoms with E-state index in [1.165, 1.54) is 30.8 Å². The lowest BCUT2D eigenvalue weighted by Crippen LogP contribution is -2.79. The van der Waals surface area contributed by atoms with Crippen LogP contribution in [-0.4, -0.2) is 72.5 Å². The van der Waals surface area contributed by atoms with Gasteiger partial charge in [-0.3, -0.25) is 19.3 Å². The van der Waals surface area contributed by atoms with Crippen LogP contribution >= 0.6 is 11.8 Å². The molecule has 0 saturated carbocycles. The number of β-lactam (4-membered cyclic amide) rings is 1. The molecule has 0 aliphatic carbocycles. The minimum atomic E-state index is -1.59. The van der Waals surface area contributed by atoms with Crippen molar-refractivity contribution in [2.45, 2.75) is 30.0 Å². The topological polar surface area (TPSA) is 115 Å². The summed E-state index contributed by atoms with van der Waals surface area (Å²) in [6.07, 6.45) is 0. The zero-order valence-corrected chi connectivity index (χ0v) is 13.9. The highest BCUT2D eigenvalue weighted by Gasteiger charge is 2.64. The zero-order chi connectivity index (χ0) is 18.1. The Hall–Kier alpha value is -2.39. The van der Waals surface area contributed by atoms with Crippen LogP contribution in [0, 0.1) is 0 Å². The molecule has 9 heteroatoms. The van der Waals surface area contributed by atoms with Crippen LogP contribution in [-0.2, 0) is 9.59 Å². The minimum absolute atomic E-state index is 0.0814. The summed E-state index contributed by atoms with van der Waals surface area (Å²) in [4.78, 5) is 51.3. The Kier molecular flexibility index (Phi) is 3.26. The summed E-state index contributed by atoms with van der Waals surface area (Å²) in [7, 11) is 0. The van der Waals surface area contributed by atoms with E-state index in [-0.39, 0.29) is 16.9 Å². The Balaban J connectivity index is 1.67. The lowest BCUT2D eigenvalue weighted by atomic mass is 9.91. The molecule has 3 unspecified atom stereocenters. The van der Waals surface area contributed by atoms with Gasteiger partial charge in [-0.1, -0.05) is 12.1 Å². The number of aliphatic carboxylic acids is 1. The SMILES string of the molecule is CC1(O)CS[C@@H]2C(N3C(=O)c4ccccc4C3=O)C(=O)N2C1C(=O)O. The molecule has 130 valence electrons. The number of amides is 3. The summed E-state index contributed by atoms with van der Waals surface area (Å²) in [6, 6.07) is 3.86. The first-order valence-electron chi connectivity index (χ1n) is 7.61. The molecule has 4 atom stereocenters. The van der Waals surface area contributed by atoms with E-state index in [4.69, 9.17) is 0 Å². The molecular formula is C16H14N2O6S. The fourth-order valence-corrected chi connectivity index (χ4v) is 5.10. The zero-order valence-electron chi connectivity index (χ0n) is 13.1. The Labute approximate surface area is 146 Å². The van der Waals surface area contributed by atoms with Gasteiger partial charge in [0.15, 0.2) is 6.04 Å². The summed E-state index contributed by atoms with van der Waals surface area (Å²) in [5.74, 6) is -2.98. The standard InChI is InChI=1S/C16H14N2O6S/c1-16(24)6-25-14-9(13(21)18(14)10(16)15(22)23)17-11(19)7-4-2-3-5-8(7)12(17)20/h2-5,9-10,14,24H,6H2,1H3,(H,22,23)/t9?,10?,14-,16?/m1/s1. The summed E-state index contributed by atoms with van der Waals surface area (Å²) < 4.78 is 0. The van der Waals surface area contributed by atoms with Crippen LogP contribution < -0.4 is 0 Å². The van der Waals surface area contributed by atoms with Crippen molar-refractivity contribution in [2.75, 3.05) is 5.75 Å². The van der Waals surface area contributed by atoms with Gasteiger partial charge in [0.1, 0.15) is 17.0 Å². The van der Waals surface area contributed by atoms with Gasteiger partial charge in [-0.2, -0.15) is 0 Å². The molecular weight excluding hydrogens is 348 g/mol. The Morgan fingerprint density at radius 1 is 1.20 bits per heavy atom. The van der Waals surface area contributed by atoms with Gasteiger partial charge in [-0.05, 0) is 19.1 Å². The van der Waals surface area contributed by atoms with Gasteiger partial charge in [0.2, 0.25) is 0 Å². The smallest absolute Gasteiger partial charge is 0.329 e. The van der Waals surface area contributed by atoms with Gasteiger partial charge in [-0.15, -0.1) is 11.8 Å². The summed E-state index contributed by atoms with van der Waals surface area (Å²) in [5, 5.41) is 19.0. The van der Waals surface area contributed by atoms with Gasteiger partial charge in [-0.25, -0.2) is 4.79 Å². The number of carboxylic acids is 1. The van der Waals surface area contributed by atoms with Crippen molar-refractivity contribution >= 4 is 35.5 Å². The molecule has 1 aromatic carbocycles. The number of nitrogens with zero attached hydrogens (tertiary/aromatic N) is 2. The third-order valence-corrected chi connectivity index (χ3v) is 6.38. The van der Waals surface area contributed by atoms with Crippen LogP contribution in [0.25, 0.3) is 0 Å². The minimum Gasteiger partial charge on any atom is -0.480 e. The third kappa shape index (κ3) is 1.99. The molecule has 4 rings (SSSR count). The second kappa shape index (κ2) is 5.06. The molecule has 2 fully saturated rings. The molecule has 0 spiro atoms. The summed E-state index contributed by atoms with van der Waals surface area (Å²) >= 11 is 1.17. The molecule has 2 N–H and O–H groups in total. The van der Waals surface area contributed by atoms with E-state index in [1.54, 1.807) is 12.1 Å². The number of hydrogen-bond acceptors (Lipinski definition) is 6. The van der Waals surface area contributed by atoms with Crippen LogP contribution in [0.3, 0.4) is 0 Å². The van der Waals surface area contributed by atoms with Crippen molar-refractivity contribution in [3.8, 4) is 0 Å². The van der Waals surface area contributed by atoms with E-state index in [1.807, 2.05) is 0 Å². The number of rotatable bonds is 2. The Morgan fingerprint density at radius 3 is 2.28 bits per heavy atom. The van der Waals surface area contributed by atoms with Crippen LogP contribution in [0.2, 0.25) is 0 Å². The van der Waals surface area contributed by atoms with Crippen molar-refractivity contribution in [3.63, 3.8) is 0 Å². The van der Waals surface area contributed by atoms with E-state index >= 15 is 0 Å². The quantitative estimate of drug-likeness (QED) is 0.552. The molecule has 0 aromatic heterocycles. The van der Waals surface area contributed by atoms with E-state index in [0.29, 0.717) is 0 Å². The van der Waals surface area contributed by atoms with E-state index < -0.39 is 46.7 Å². The molecule has 0 radical (unpaired) electrons. The van der Waals surface area contributed by atoms with Gasteiger partial charge >= 0.3 is 5.97 Å². The molecule has 1 aromatic rings. The normalized spacial score (nSPS) is 33.8. The highest BCUT2D eigenvalue weighted by molar-refractivity contribution is 8.00. The first kappa shape index (κ1) is 16.1. The molecule has 3 amide bonds. The van der Waals surface area contributed by atoms with Crippen LogP contribution in [0.4, 0.5) is 0 Å². The molecule has 3 aliphatic rings. The number of carbonyl (C=O) groups excluding carboxylic acids is 3. The van der Waals surface area contributed by atoms with Crippen molar-refractivity contribution < 1.29 is 29.4 Å². The van der Waals surface area contributed by atoms with Crippen molar-refractivity contribution in [1.82, 2.24) is 9.80 Å². The first-order valence-corrected chi connectivity index (χ1v) is 8.66. The van der Waals surface area contributed by atoms with Gasteiger partial charge in [0, 0.05) is 5.75 Å². The summed E-state index contributed by atoms with van der Waals surface area (Å²) in [6.45, 7) is 1.36. The lowest BCUT2D eigenvalue weighted by molar-refractivity contribution is -0.176. The second-order valence-electron chi connectivity index (χ2n) is 6.52. The Bertz CT molecular complexity index is 803. The monoisotopic (exact) mass is 362 g/mol. The predicted molar refractivity (Wildman–Crippen MR) is 85.9 cm³/mol. The highest BCUT2D eigenvalue weighted by atomic mass is 32.2. The average molecular weight is 362 g/mol. The number of fused-ring (bicyclic) bond motifs is 2. The third-order valence-electron chi connectivity index (χ3n) is 4.80. The van der Waals surface area contributed by atoms with Crippen molar-refractivity contribution in [2.24, 2.45) is 0 Å². The number of benzene rings is 1. The fraction of sp³-hybridized carbons (Fsp3) is 0.375. The first-order chi connectivity index (χ1) is 11.8. The number of imide groups is 1. The Morgan fingerprint density at radius 2 is 1.76 bits per heavy atom. The van der Waals surface area contributed by atoms with Crippen LogP contribution in [0.5, 0.6) is 0 Å².